The van der Waals surface area contributed by atoms with Crippen LogP contribution in [-0.2, 0) is 6.42 Å². The molecule has 0 unspecified atom stereocenters. The summed E-state index contributed by atoms with van der Waals surface area (Å²) in [5.41, 5.74) is 5.94. The van der Waals surface area contributed by atoms with E-state index in [1.54, 1.807) is 0 Å². The van der Waals surface area contributed by atoms with Gasteiger partial charge >= 0.3 is 0 Å². The molecule has 3 nitrogen and oxygen atoms in total. The molecule has 4 rings (SSSR count). The van der Waals surface area contributed by atoms with Gasteiger partial charge < -0.3 is 5.32 Å². The number of hydrogen-bond acceptors (Lipinski definition) is 2. The second kappa shape index (κ2) is 6.44. The molecular weight excluding hydrogens is 362 g/mol. The van der Waals surface area contributed by atoms with Crippen molar-refractivity contribution < 1.29 is 0 Å². The Bertz CT molecular complexity index is 865. The fourth-order valence-corrected chi connectivity index (χ4v) is 3.64. The van der Waals surface area contributed by atoms with Crippen molar-refractivity contribution in [1.29, 1.82) is 0 Å². The van der Waals surface area contributed by atoms with E-state index >= 15 is 0 Å². The lowest BCUT2D eigenvalue weighted by Crippen LogP contribution is -2.07. The first-order valence-corrected chi connectivity index (χ1v) is 9.20. The Morgan fingerprint density at radius 2 is 1.92 bits per heavy atom. The third-order valence-electron chi connectivity index (χ3n) is 4.51. The van der Waals surface area contributed by atoms with Crippen LogP contribution in [0, 0.1) is 6.92 Å². The fraction of sp³-hybridized carbons (Fsp3) is 0.250. The smallest absolute Gasteiger partial charge is 0.133 e. The first kappa shape index (κ1) is 15.5. The van der Waals surface area contributed by atoms with Crippen LogP contribution in [0.15, 0.2) is 53.0 Å². The van der Waals surface area contributed by atoms with Crippen LogP contribution in [0.5, 0.6) is 0 Å². The third-order valence-corrected chi connectivity index (χ3v) is 5.00. The fourth-order valence-electron chi connectivity index (χ4n) is 3.24. The summed E-state index contributed by atoms with van der Waals surface area (Å²) in [6.07, 6.45) is 3.46. The van der Waals surface area contributed by atoms with E-state index in [0.717, 1.165) is 40.2 Å². The normalized spacial score (nSPS) is 13.9. The van der Waals surface area contributed by atoms with Gasteiger partial charge in [-0.15, -0.1) is 0 Å². The summed E-state index contributed by atoms with van der Waals surface area (Å²) in [6, 6.07) is 17.0. The van der Waals surface area contributed by atoms with Crippen LogP contribution in [0.3, 0.4) is 0 Å². The molecule has 1 aromatic heterocycles. The van der Waals surface area contributed by atoms with Gasteiger partial charge in [0.15, 0.2) is 0 Å². The SMILES string of the molecule is Cc1ccc(-n2nc(-c3cccc(Br)c3)c3c2NCCCC3)cc1. The van der Waals surface area contributed by atoms with Gasteiger partial charge in [0.1, 0.15) is 5.82 Å². The molecule has 4 heteroatoms. The second-order valence-electron chi connectivity index (χ2n) is 6.32. The number of aromatic nitrogens is 2. The number of anilines is 1. The van der Waals surface area contributed by atoms with Crippen LogP contribution in [-0.4, -0.2) is 16.3 Å². The van der Waals surface area contributed by atoms with Crippen LogP contribution < -0.4 is 5.32 Å². The number of fused-ring (bicyclic) bond motifs is 1. The van der Waals surface area contributed by atoms with Gasteiger partial charge in [0.25, 0.3) is 0 Å². The molecule has 1 N–H and O–H groups in total. The molecule has 0 fully saturated rings. The monoisotopic (exact) mass is 381 g/mol. The molecule has 0 atom stereocenters. The van der Waals surface area contributed by atoms with Crippen LogP contribution in [0.1, 0.15) is 24.0 Å². The number of nitrogens with zero attached hydrogens (tertiary/aromatic N) is 2. The van der Waals surface area contributed by atoms with E-state index in [9.17, 15) is 0 Å². The number of benzene rings is 2. The van der Waals surface area contributed by atoms with Gasteiger partial charge in [-0.05, 0) is 50.5 Å². The zero-order valence-electron chi connectivity index (χ0n) is 13.7. The zero-order chi connectivity index (χ0) is 16.5. The standard InChI is InChI=1S/C20H20BrN3/c1-14-8-10-17(11-9-14)24-20-18(7-2-3-12-22-20)19(23-24)15-5-4-6-16(21)13-15/h4-6,8-11,13,22H,2-3,7,12H2,1H3. The van der Waals surface area contributed by atoms with Crippen LogP contribution in [0.2, 0.25) is 0 Å². The van der Waals surface area contributed by atoms with Gasteiger partial charge in [-0.25, -0.2) is 4.68 Å². The molecule has 0 amide bonds. The maximum atomic E-state index is 4.98. The molecule has 0 aliphatic carbocycles. The molecule has 1 aliphatic rings. The second-order valence-corrected chi connectivity index (χ2v) is 7.23. The quantitative estimate of drug-likeness (QED) is 0.647. The molecule has 2 aromatic carbocycles. The minimum absolute atomic E-state index is 1.00. The summed E-state index contributed by atoms with van der Waals surface area (Å²) in [5, 5.41) is 8.58. The van der Waals surface area contributed by atoms with Gasteiger partial charge in [0.2, 0.25) is 0 Å². The number of halogens is 1. The lowest BCUT2D eigenvalue weighted by atomic mass is 10.0. The maximum Gasteiger partial charge on any atom is 0.133 e. The summed E-state index contributed by atoms with van der Waals surface area (Å²) < 4.78 is 3.15. The van der Waals surface area contributed by atoms with Crippen molar-refractivity contribution in [2.45, 2.75) is 26.2 Å². The lowest BCUT2D eigenvalue weighted by Gasteiger charge is -2.09. The third kappa shape index (κ3) is 2.86. The molecule has 24 heavy (non-hydrogen) atoms. The molecule has 0 radical (unpaired) electrons. The van der Waals surface area contributed by atoms with Crippen molar-refractivity contribution in [2.24, 2.45) is 0 Å². The number of nitrogens with one attached hydrogen (secondary N) is 1. The number of rotatable bonds is 2. The first-order valence-electron chi connectivity index (χ1n) is 8.41. The largest absolute Gasteiger partial charge is 0.370 e. The van der Waals surface area contributed by atoms with Gasteiger partial charge in [0, 0.05) is 22.1 Å². The van der Waals surface area contributed by atoms with E-state index in [1.807, 2.05) is 0 Å². The highest BCUT2D eigenvalue weighted by Gasteiger charge is 2.21. The highest BCUT2D eigenvalue weighted by molar-refractivity contribution is 9.10. The molecule has 0 saturated carbocycles. The van der Waals surface area contributed by atoms with E-state index in [-0.39, 0.29) is 0 Å². The molecule has 2 heterocycles. The van der Waals surface area contributed by atoms with Gasteiger partial charge in [-0.2, -0.15) is 5.10 Å². The summed E-state index contributed by atoms with van der Waals surface area (Å²) in [7, 11) is 0. The van der Waals surface area contributed by atoms with E-state index < -0.39 is 0 Å². The average Bonchev–Trinajstić information content (AvgIpc) is 2.77. The summed E-state index contributed by atoms with van der Waals surface area (Å²) >= 11 is 3.58. The van der Waals surface area contributed by atoms with Crippen molar-refractivity contribution >= 4 is 21.7 Å². The maximum absolute atomic E-state index is 4.98. The van der Waals surface area contributed by atoms with Gasteiger partial charge in [-0.1, -0.05) is 45.8 Å². The topological polar surface area (TPSA) is 29.9 Å². The first-order chi connectivity index (χ1) is 11.7. The molecule has 0 bridgehead atoms. The Morgan fingerprint density at radius 3 is 2.71 bits per heavy atom. The molecule has 0 spiro atoms. The minimum atomic E-state index is 1.00. The van der Waals surface area contributed by atoms with Crippen molar-refractivity contribution in [3.05, 3.63) is 64.1 Å². The highest BCUT2D eigenvalue weighted by atomic mass is 79.9. The Kier molecular flexibility index (Phi) is 4.15. The van der Waals surface area contributed by atoms with Crippen LogP contribution >= 0.6 is 15.9 Å². The Hall–Kier alpha value is -2.07. The van der Waals surface area contributed by atoms with Crippen LogP contribution in [0.25, 0.3) is 16.9 Å². The summed E-state index contributed by atoms with van der Waals surface area (Å²) in [5.74, 6) is 1.14. The predicted molar refractivity (Wildman–Crippen MR) is 103 cm³/mol. The Labute approximate surface area is 150 Å². The van der Waals surface area contributed by atoms with E-state index in [2.05, 4.69) is 81.4 Å². The van der Waals surface area contributed by atoms with E-state index in [1.165, 1.54) is 24.0 Å². The van der Waals surface area contributed by atoms with Crippen LogP contribution in [0.4, 0.5) is 5.82 Å². The molecule has 3 aromatic rings. The van der Waals surface area contributed by atoms with E-state index in [4.69, 9.17) is 5.10 Å². The number of aryl methyl sites for hydroxylation is 1. The Balaban J connectivity index is 1.90. The van der Waals surface area contributed by atoms with Gasteiger partial charge in [-0.3, -0.25) is 0 Å². The van der Waals surface area contributed by atoms with Crippen molar-refractivity contribution in [3.63, 3.8) is 0 Å². The summed E-state index contributed by atoms with van der Waals surface area (Å²) in [4.78, 5) is 0. The average molecular weight is 382 g/mol. The molecular formula is C20H20BrN3. The number of hydrogen-bond donors (Lipinski definition) is 1. The van der Waals surface area contributed by atoms with Crippen molar-refractivity contribution in [2.75, 3.05) is 11.9 Å². The van der Waals surface area contributed by atoms with Crippen molar-refractivity contribution in [3.8, 4) is 16.9 Å². The Morgan fingerprint density at radius 1 is 1.08 bits per heavy atom. The minimum Gasteiger partial charge on any atom is -0.370 e. The molecule has 122 valence electrons. The predicted octanol–water partition coefficient (Wildman–Crippen LogP) is 5.36. The van der Waals surface area contributed by atoms with Crippen molar-refractivity contribution in [1.82, 2.24) is 9.78 Å². The molecule has 1 aliphatic heterocycles. The van der Waals surface area contributed by atoms with Gasteiger partial charge in [0.05, 0.1) is 11.4 Å². The molecule has 0 saturated heterocycles. The zero-order valence-corrected chi connectivity index (χ0v) is 15.3. The lowest BCUT2D eigenvalue weighted by molar-refractivity contribution is 0.780. The van der Waals surface area contributed by atoms with E-state index in [0.29, 0.717) is 0 Å². The highest BCUT2D eigenvalue weighted by Crippen LogP contribution is 2.34. The summed E-state index contributed by atoms with van der Waals surface area (Å²) in [6.45, 7) is 3.11.